The highest BCUT2D eigenvalue weighted by Crippen LogP contribution is 2.18. The van der Waals surface area contributed by atoms with E-state index in [4.69, 9.17) is 16.9 Å². The largest absolute Gasteiger partial charge is 0.462 e. The van der Waals surface area contributed by atoms with Gasteiger partial charge in [-0.15, -0.1) is 0 Å². The van der Waals surface area contributed by atoms with Crippen LogP contribution in [0.2, 0.25) is 5.02 Å². The fourth-order valence-corrected chi connectivity index (χ4v) is 1.30. The molecule has 0 radical (unpaired) electrons. The van der Waals surface area contributed by atoms with Crippen molar-refractivity contribution in [3.8, 4) is 6.07 Å². The van der Waals surface area contributed by atoms with Crippen LogP contribution in [0.1, 0.15) is 12.5 Å². The lowest BCUT2D eigenvalue weighted by Crippen LogP contribution is -2.05. The Labute approximate surface area is 103 Å². The van der Waals surface area contributed by atoms with Crippen LogP contribution in [0.5, 0.6) is 0 Å². The van der Waals surface area contributed by atoms with Crippen LogP contribution in [0.4, 0.5) is 4.39 Å². The minimum atomic E-state index is -0.713. The Balaban J connectivity index is 3.03. The summed E-state index contributed by atoms with van der Waals surface area (Å²) >= 11 is 5.58. The van der Waals surface area contributed by atoms with Crippen LogP contribution >= 0.6 is 11.6 Å². The molecule has 5 heteroatoms. The lowest BCUT2D eigenvalue weighted by molar-refractivity contribution is -0.137. The number of nitriles is 1. The molecule has 0 N–H and O–H groups in total. The van der Waals surface area contributed by atoms with Gasteiger partial charge in [-0.2, -0.15) is 5.26 Å². The van der Waals surface area contributed by atoms with Crippen molar-refractivity contribution in [2.45, 2.75) is 6.92 Å². The molecule has 0 aliphatic rings. The van der Waals surface area contributed by atoms with Gasteiger partial charge in [0.2, 0.25) is 0 Å². The van der Waals surface area contributed by atoms with Gasteiger partial charge >= 0.3 is 5.97 Å². The lowest BCUT2D eigenvalue weighted by Gasteiger charge is -2.00. The molecule has 1 rings (SSSR count). The van der Waals surface area contributed by atoms with E-state index in [1.54, 1.807) is 13.0 Å². The zero-order chi connectivity index (χ0) is 12.8. The first-order valence-electron chi connectivity index (χ1n) is 4.82. The maximum absolute atomic E-state index is 12.9. The summed E-state index contributed by atoms with van der Waals surface area (Å²) in [6, 6.07) is 5.62. The van der Waals surface area contributed by atoms with E-state index in [1.807, 2.05) is 0 Å². The summed E-state index contributed by atoms with van der Waals surface area (Å²) in [5.74, 6) is -1.27. The molecule has 17 heavy (non-hydrogen) atoms. The van der Waals surface area contributed by atoms with Gasteiger partial charge in [0.05, 0.1) is 11.6 Å². The topological polar surface area (TPSA) is 50.1 Å². The van der Waals surface area contributed by atoms with Crippen LogP contribution in [-0.4, -0.2) is 12.6 Å². The van der Waals surface area contributed by atoms with E-state index in [0.29, 0.717) is 5.56 Å². The van der Waals surface area contributed by atoms with Gasteiger partial charge in [0.15, 0.2) is 0 Å². The molecular formula is C12H9ClFNO2. The van der Waals surface area contributed by atoms with E-state index in [1.165, 1.54) is 18.2 Å². The van der Waals surface area contributed by atoms with Gasteiger partial charge < -0.3 is 4.74 Å². The van der Waals surface area contributed by atoms with E-state index in [-0.39, 0.29) is 17.2 Å². The van der Waals surface area contributed by atoms with Crippen LogP contribution in [0.15, 0.2) is 23.8 Å². The molecule has 0 unspecified atom stereocenters. The highest BCUT2D eigenvalue weighted by molar-refractivity contribution is 6.30. The van der Waals surface area contributed by atoms with Crippen LogP contribution in [0.3, 0.4) is 0 Å². The number of halogens is 2. The van der Waals surface area contributed by atoms with Crippen LogP contribution in [0.25, 0.3) is 6.08 Å². The number of carbonyl (C=O) groups excluding carboxylic acids is 1. The van der Waals surface area contributed by atoms with Crippen molar-refractivity contribution in [2.24, 2.45) is 0 Å². The highest BCUT2D eigenvalue weighted by Gasteiger charge is 2.10. The summed E-state index contributed by atoms with van der Waals surface area (Å²) in [6.45, 7) is 1.82. The van der Waals surface area contributed by atoms with E-state index in [2.05, 4.69) is 4.74 Å². The highest BCUT2D eigenvalue weighted by atomic mass is 35.5. The zero-order valence-corrected chi connectivity index (χ0v) is 9.79. The number of rotatable bonds is 3. The van der Waals surface area contributed by atoms with Crippen molar-refractivity contribution < 1.29 is 13.9 Å². The van der Waals surface area contributed by atoms with Gasteiger partial charge in [0.1, 0.15) is 17.5 Å². The summed E-state index contributed by atoms with van der Waals surface area (Å²) < 4.78 is 17.6. The molecule has 0 spiro atoms. The van der Waals surface area contributed by atoms with E-state index < -0.39 is 11.8 Å². The Bertz CT molecular complexity index is 506. The molecule has 0 saturated heterocycles. The number of hydrogen-bond donors (Lipinski definition) is 0. The minimum Gasteiger partial charge on any atom is -0.462 e. The first kappa shape index (κ1) is 13.2. The predicted octanol–water partition coefficient (Wildman–Crippen LogP) is 2.95. The maximum atomic E-state index is 12.9. The molecule has 0 atom stereocenters. The number of nitrogens with zero attached hydrogens (tertiary/aromatic N) is 1. The van der Waals surface area contributed by atoms with Gasteiger partial charge in [-0.3, -0.25) is 0 Å². The molecule has 88 valence electrons. The summed E-state index contributed by atoms with van der Waals surface area (Å²) in [7, 11) is 0. The van der Waals surface area contributed by atoms with Crippen molar-refractivity contribution in [2.75, 3.05) is 6.61 Å². The number of benzene rings is 1. The van der Waals surface area contributed by atoms with Crippen molar-refractivity contribution in [1.29, 1.82) is 5.26 Å². The standard InChI is InChI=1S/C12H9ClFNO2/c1-2-17-12(16)9(7-15)5-8-3-4-11(14)10(13)6-8/h3-6H,2H2,1H3/b9-5-. The number of hydrogen-bond acceptors (Lipinski definition) is 3. The monoisotopic (exact) mass is 253 g/mol. The van der Waals surface area contributed by atoms with E-state index in [0.717, 1.165) is 6.07 Å². The summed E-state index contributed by atoms with van der Waals surface area (Å²) in [4.78, 5) is 11.3. The summed E-state index contributed by atoms with van der Waals surface area (Å²) in [6.07, 6.45) is 1.29. The molecule has 0 bridgehead atoms. The Morgan fingerprint density at radius 1 is 1.65 bits per heavy atom. The summed E-state index contributed by atoms with van der Waals surface area (Å²) in [5.41, 5.74) is 0.301. The Morgan fingerprint density at radius 2 is 2.35 bits per heavy atom. The molecular weight excluding hydrogens is 245 g/mol. The van der Waals surface area contributed by atoms with Gasteiger partial charge in [-0.25, -0.2) is 9.18 Å². The molecule has 3 nitrogen and oxygen atoms in total. The average molecular weight is 254 g/mol. The van der Waals surface area contributed by atoms with Crippen LogP contribution < -0.4 is 0 Å². The Hall–Kier alpha value is -1.86. The predicted molar refractivity (Wildman–Crippen MR) is 61.6 cm³/mol. The van der Waals surface area contributed by atoms with Crippen molar-refractivity contribution in [1.82, 2.24) is 0 Å². The minimum absolute atomic E-state index is 0.0695. The van der Waals surface area contributed by atoms with Crippen molar-refractivity contribution in [3.63, 3.8) is 0 Å². The van der Waals surface area contributed by atoms with Crippen LogP contribution in [-0.2, 0) is 9.53 Å². The number of carbonyl (C=O) groups is 1. The molecule has 0 fully saturated rings. The quantitative estimate of drug-likeness (QED) is 0.473. The smallest absolute Gasteiger partial charge is 0.348 e. The second kappa shape index (κ2) is 6.02. The Kier molecular flexibility index (Phi) is 4.68. The maximum Gasteiger partial charge on any atom is 0.348 e. The van der Waals surface area contributed by atoms with Gasteiger partial charge in [-0.1, -0.05) is 17.7 Å². The molecule has 0 heterocycles. The molecule has 1 aromatic rings. The average Bonchev–Trinajstić information content (AvgIpc) is 2.30. The Morgan fingerprint density at radius 3 is 2.88 bits per heavy atom. The van der Waals surface area contributed by atoms with Gasteiger partial charge in [0, 0.05) is 0 Å². The second-order valence-electron chi connectivity index (χ2n) is 3.06. The molecule has 0 aromatic heterocycles. The second-order valence-corrected chi connectivity index (χ2v) is 3.47. The fourth-order valence-electron chi connectivity index (χ4n) is 1.11. The summed E-state index contributed by atoms with van der Waals surface area (Å²) in [5, 5.41) is 8.71. The molecule has 1 aromatic carbocycles. The third-order valence-electron chi connectivity index (χ3n) is 1.87. The lowest BCUT2D eigenvalue weighted by atomic mass is 10.1. The van der Waals surface area contributed by atoms with Crippen LogP contribution in [0, 0.1) is 17.1 Å². The third kappa shape index (κ3) is 3.58. The number of ether oxygens (including phenoxy) is 1. The molecule has 0 saturated carbocycles. The van der Waals surface area contributed by atoms with E-state index >= 15 is 0 Å². The molecule has 0 amide bonds. The van der Waals surface area contributed by atoms with Crippen molar-refractivity contribution in [3.05, 3.63) is 40.2 Å². The van der Waals surface area contributed by atoms with Gasteiger partial charge in [-0.05, 0) is 30.7 Å². The van der Waals surface area contributed by atoms with Crippen molar-refractivity contribution >= 4 is 23.6 Å². The van der Waals surface area contributed by atoms with E-state index in [9.17, 15) is 9.18 Å². The third-order valence-corrected chi connectivity index (χ3v) is 2.16. The molecule has 0 aliphatic heterocycles. The zero-order valence-electron chi connectivity index (χ0n) is 9.04. The fraction of sp³-hybridized carbons (Fsp3) is 0.167. The normalized spacial score (nSPS) is 10.8. The molecule has 0 aliphatic carbocycles. The SMILES string of the molecule is CCOC(=O)/C(C#N)=C\c1ccc(F)c(Cl)c1. The first-order chi connectivity index (χ1) is 8.08. The first-order valence-corrected chi connectivity index (χ1v) is 5.20. The van der Waals surface area contributed by atoms with Gasteiger partial charge in [0.25, 0.3) is 0 Å². The number of esters is 1.